The molecule has 0 heterocycles. The first-order chi connectivity index (χ1) is 13.4. The molecule has 0 fully saturated rings. The van der Waals surface area contributed by atoms with Gasteiger partial charge in [-0.15, -0.1) is 0 Å². The minimum atomic E-state index is -0.592. The van der Waals surface area contributed by atoms with Crippen molar-refractivity contribution in [3.8, 4) is 0 Å². The van der Waals surface area contributed by atoms with Crippen LogP contribution in [0.25, 0.3) is 0 Å². The van der Waals surface area contributed by atoms with Crippen molar-refractivity contribution in [1.29, 1.82) is 0 Å². The summed E-state index contributed by atoms with van der Waals surface area (Å²) in [4.78, 5) is 35.7. The van der Waals surface area contributed by atoms with Crippen LogP contribution >= 0.6 is 0 Å². The fourth-order valence-electron chi connectivity index (χ4n) is 2.29. The van der Waals surface area contributed by atoms with E-state index in [1.54, 1.807) is 42.5 Å². The molecule has 7 heteroatoms. The number of amides is 2. The molecule has 0 atom stereocenters. The zero-order valence-electron chi connectivity index (χ0n) is 16.2. The van der Waals surface area contributed by atoms with Gasteiger partial charge in [-0.05, 0) is 49.7 Å². The molecule has 28 heavy (non-hydrogen) atoms. The first-order valence-corrected chi connectivity index (χ1v) is 8.88. The number of hydrogen-bond acceptors (Lipinski definition) is 5. The van der Waals surface area contributed by atoms with Gasteiger partial charge in [0.1, 0.15) is 0 Å². The molecule has 2 aromatic carbocycles. The summed E-state index contributed by atoms with van der Waals surface area (Å²) < 4.78 is 10.5. The molecule has 7 nitrogen and oxygen atoms in total. The molecule has 0 radical (unpaired) electrons. The molecule has 2 N–H and O–H groups in total. The first-order valence-electron chi connectivity index (χ1n) is 8.88. The number of carbonyl (C=O) groups is 3. The molecule has 0 saturated heterocycles. The monoisotopic (exact) mass is 384 g/mol. The average Bonchev–Trinajstić information content (AvgIpc) is 2.70. The maximum Gasteiger partial charge on any atom is 0.338 e. The van der Waals surface area contributed by atoms with Crippen LogP contribution in [0, 0.1) is 0 Å². The smallest absolute Gasteiger partial charge is 0.338 e. The Balaban J connectivity index is 1.85. The van der Waals surface area contributed by atoms with E-state index in [0.717, 1.165) is 5.56 Å². The highest BCUT2D eigenvalue weighted by Crippen LogP contribution is 2.11. The van der Waals surface area contributed by atoms with Crippen LogP contribution in [0.3, 0.4) is 0 Å². The Labute approximate surface area is 164 Å². The molecular formula is C21H24N2O5. The van der Waals surface area contributed by atoms with Crippen molar-refractivity contribution < 1.29 is 23.9 Å². The van der Waals surface area contributed by atoms with E-state index in [-0.39, 0.29) is 12.0 Å². The summed E-state index contributed by atoms with van der Waals surface area (Å²) in [6.07, 6.45) is 0.125. The highest BCUT2D eigenvalue weighted by molar-refractivity contribution is 5.98. The van der Waals surface area contributed by atoms with Crippen LogP contribution in [0.2, 0.25) is 0 Å². The van der Waals surface area contributed by atoms with Gasteiger partial charge in [0.15, 0.2) is 6.61 Å². The lowest BCUT2D eigenvalue weighted by atomic mass is 10.1. The van der Waals surface area contributed by atoms with Gasteiger partial charge in [-0.1, -0.05) is 18.2 Å². The molecular weight excluding hydrogens is 360 g/mol. The third-order valence-corrected chi connectivity index (χ3v) is 3.74. The number of carbonyl (C=O) groups excluding carboxylic acids is 3. The van der Waals surface area contributed by atoms with E-state index < -0.39 is 18.5 Å². The van der Waals surface area contributed by atoms with Gasteiger partial charge >= 0.3 is 5.97 Å². The van der Waals surface area contributed by atoms with Crippen molar-refractivity contribution in [3.63, 3.8) is 0 Å². The minimum absolute atomic E-state index is 0.125. The van der Waals surface area contributed by atoms with Gasteiger partial charge < -0.3 is 20.1 Å². The lowest BCUT2D eigenvalue weighted by Gasteiger charge is -2.09. The number of benzene rings is 2. The molecule has 2 amide bonds. The predicted molar refractivity (Wildman–Crippen MR) is 105 cm³/mol. The summed E-state index contributed by atoms with van der Waals surface area (Å²) >= 11 is 0. The second-order valence-corrected chi connectivity index (χ2v) is 6.34. The van der Waals surface area contributed by atoms with E-state index >= 15 is 0 Å². The third kappa shape index (κ3) is 6.51. The summed E-state index contributed by atoms with van der Waals surface area (Å²) in [5.74, 6) is -1.35. The maximum absolute atomic E-state index is 12.1. The number of anilines is 1. The second kappa shape index (κ2) is 10.2. The average molecular weight is 384 g/mol. The predicted octanol–water partition coefficient (Wildman–Crippen LogP) is 2.77. The Morgan fingerprint density at radius 3 is 2.36 bits per heavy atom. The highest BCUT2D eigenvalue weighted by Gasteiger charge is 2.11. The van der Waals surface area contributed by atoms with E-state index in [4.69, 9.17) is 9.47 Å². The molecule has 0 spiro atoms. The minimum Gasteiger partial charge on any atom is -0.452 e. The van der Waals surface area contributed by atoms with E-state index in [0.29, 0.717) is 23.4 Å². The molecule has 0 aliphatic heterocycles. The number of ether oxygens (including phenoxy) is 2. The topological polar surface area (TPSA) is 93.7 Å². The molecule has 0 unspecified atom stereocenters. The third-order valence-electron chi connectivity index (χ3n) is 3.74. The van der Waals surface area contributed by atoms with Crippen molar-refractivity contribution >= 4 is 23.5 Å². The van der Waals surface area contributed by atoms with Crippen molar-refractivity contribution in [2.75, 3.05) is 19.0 Å². The van der Waals surface area contributed by atoms with Crippen LogP contribution in [0.15, 0.2) is 48.5 Å². The Kier molecular flexibility index (Phi) is 7.71. The molecule has 0 bridgehead atoms. The van der Waals surface area contributed by atoms with Crippen molar-refractivity contribution in [2.24, 2.45) is 0 Å². The number of rotatable bonds is 8. The van der Waals surface area contributed by atoms with Crippen LogP contribution in [-0.4, -0.2) is 37.5 Å². The first kappa shape index (κ1) is 21.1. The van der Waals surface area contributed by atoms with E-state index in [1.165, 1.54) is 13.1 Å². The summed E-state index contributed by atoms with van der Waals surface area (Å²) in [5.41, 5.74) is 2.15. The molecule has 2 aromatic rings. The zero-order chi connectivity index (χ0) is 20.5. The summed E-state index contributed by atoms with van der Waals surface area (Å²) in [6.45, 7) is 3.93. The van der Waals surface area contributed by atoms with Gasteiger partial charge in [0.2, 0.25) is 0 Å². The Morgan fingerprint density at radius 1 is 1.00 bits per heavy atom. The van der Waals surface area contributed by atoms with Gasteiger partial charge in [0, 0.05) is 18.3 Å². The number of esters is 1. The standard InChI is InChI=1S/C21H24N2O5/c1-14(2)27-12-15-7-9-16(10-8-15)21(26)28-13-19(24)23-18-6-4-5-17(11-18)20(25)22-3/h4-11,14H,12-13H2,1-3H3,(H,22,25)(H,23,24). The van der Waals surface area contributed by atoms with Gasteiger partial charge in [-0.2, -0.15) is 0 Å². The lowest BCUT2D eigenvalue weighted by molar-refractivity contribution is -0.119. The van der Waals surface area contributed by atoms with Crippen LogP contribution in [0.1, 0.15) is 40.1 Å². The number of hydrogen-bond donors (Lipinski definition) is 2. The molecule has 0 aliphatic carbocycles. The van der Waals surface area contributed by atoms with Crippen LogP contribution in [0.5, 0.6) is 0 Å². The SMILES string of the molecule is CNC(=O)c1cccc(NC(=O)COC(=O)c2ccc(COC(C)C)cc2)c1. The van der Waals surface area contributed by atoms with E-state index in [2.05, 4.69) is 10.6 Å². The summed E-state index contributed by atoms with van der Waals surface area (Å²) in [5, 5.41) is 5.10. The van der Waals surface area contributed by atoms with Crippen molar-refractivity contribution in [1.82, 2.24) is 5.32 Å². The Bertz CT molecular complexity index is 831. The van der Waals surface area contributed by atoms with Gasteiger partial charge in [-0.3, -0.25) is 9.59 Å². The van der Waals surface area contributed by atoms with Crippen LogP contribution < -0.4 is 10.6 Å². The van der Waals surface area contributed by atoms with E-state index in [1.807, 2.05) is 13.8 Å². The van der Waals surface area contributed by atoms with Crippen molar-refractivity contribution in [2.45, 2.75) is 26.6 Å². The normalized spacial score (nSPS) is 10.4. The zero-order valence-corrected chi connectivity index (χ0v) is 16.2. The molecule has 0 aromatic heterocycles. The summed E-state index contributed by atoms with van der Waals surface area (Å²) in [6, 6.07) is 13.3. The van der Waals surface area contributed by atoms with Gasteiger partial charge in [0.05, 0.1) is 18.3 Å². The lowest BCUT2D eigenvalue weighted by Crippen LogP contribution is -2.22. The molecule has 0 saturated carbocycles. The fraction of sp³-hybridized carbons (Fsp3) is 0.286. The van der Waals surface area contributed by atoms with Crippen LogP contribution in [0.4, 0.5) is 5.69 Å². The quantitative estimate of drug-likeness (QED) is 0.683. The Hall–Kier alpha value is -3.19. The number of nitrogens with one attached hydrogen (secondary N) is 2. The van der Waals surface area contributed by atoms with Gasteiger partial charge in [-0.25, -0.2) is 4.79 Å². The van der Waals surface area contributed by atoms with Gasteiger partial charge in [0.25, 0.3) is 11.8 Å². The highest BCUT2D eigenvalue weighted by atomic mass is 16.5. The molecule has 2 rings (SSSR count). The second-order valence-electron chi connectivity index (χ2n) is 6.34. The van der Waals surface area contributed by atoms with Crippen molar-refractivity contribution in [3.05, 3.63) is 65.2 Å². The molecule has 148 valence electrons. The Morgan fingerprint density at radius 2 is 1.71 bits per heavy atom. The maximum atomic E-state index is 12.1. The largest absolute Gasteiger partial charge is 0.452 e. The fourth-order valence-corrected chi connectivity index (χ4v) is 2.29. The van der Waals surface area contributed by atoms with Crippen LogP contribution in [-0.2, 0) is 20.9 Å². The molecule has 0 aliphatic rings. The van der Waals surface area contributed by atoms with E-state index in [9.17, 15) is 14.4 Å². The summed E-state index contributed by atoms with van der Waals surface area (Å²) in [7, 11) is 1.52.